The lowest BCUT2D eigenvalue weighted by Gasteiger charge is -2.42. The van der Waals surface area contributed by atoms with Gasteiger partial charge in [0.25, 0.3) is 0 Å². The molecule has 7 nitrogen and oxygen atoms in total. The molecule has 1 aliphatic rings. The highest BCUT2D eigenvalue weighted by Gasteiger charge is 2.36. The Kier molecular flexibility index (Phi) is 8.47. The molecule has 3 aromatic carbocycles. The number of likely N-dealkylation sites (N-methyl/N-ethyl adjacent to an activating group) is 1. The Bertz CT molecular complexity index is 1500. The third-order valence-corrected chi connectivity index (χ3v) is 8.17. The van der Waals surface area contributed by atoms with E-state index in [9.17, 15) is 9.59 Å². The fourth-order valence-electron chi connectivity index (χ4n) is 5.65. The summed E-state index contributed by atoms with van der Waals surface area (Å²) in [5.74, 6) is 0.0917. The van der Waals surface area contributed by atoms with E-state index in [4.69, 9.17) is 9.47 Å². The third-order valence-electron chi connectivity index (χ3n) is 8.17. The molecule has 2 heterocycles. The molecule has 1 saturated heterocycles. The quantitative estimate of drug-likeness (QED) is 0.199. The van der Waals surface area contributed by atoms with E-state index in [2.05, 4.69) is 21.4 Å². The first-order chi connectivity index (χ1) is 19.3. The smallest absolute Gasteiger partial charge is 0.193 e. The van der Waals surface area contributed by atoms with E-state index in [1.165, 1.54) is 0 Å². The number of Topliss-reactive ketones (excluding diaryl/α,β-unsaturated/α-hetero) is 1. The lowest BCUT2D eigenvalue weighted by molar-refractivity contribution is 0.0463. The summed E-state index contributed by atoms with van der Waals surface area (Å²) >= 11 is 0. The van der Waals surface area contributed by atoms with Gasteiger partial charge in [0.05, 0.1) is 25.4 Å². The molecule has 5 rings (SSSR count). The number of fused-ring (bicyclic) bond motifs is 3. The van der Waals surface area contributed by atoms with Crippen molar-refractivity contribution in [2.45, 2.75) is 25.9 Å². The van der Waals surface area contributed by atoms with E-state index < -0.39 is 5.54 Å². The maximum atomic E-state index is 13.9. The predicted octanol–water partition coefficient (Wildman–Crippen LogP) is 4.90. The summed E-state index contributed by atoms with van der Waals surface area (Å²) in [6.45, 7) is 9.96. The molecule has 1 fully saturated rings. The molecule has 0 atom stereocenters. The maximum absolute atomic E-state index is 13.9. The molecule has 40 heavy (non-hydrogen) atoms. The van der Waals surface area contributed by atoms with Crippen LogP contribution in [0.4, 0.5) is 0 Å². The third kappa shape index (κ3) is 5.60. The zero-order valence-electron chi connectivity index (χ0n) is 24.0. The van der Waals surface area contributed by atoms with Gasteiger partial charge >= 0.3 is 0 Å². The van der Waals surface area contributed by atoms with Crippen molar-refractivity contribution in [1.29, 1.82) is 0 Å². The van der Waals surface area contributed by atoms with Gasteiger partial charge in [-0.25, -0.2) is 0 Å². The van der Waals surface area contributed by atoms with Crippen LogP contribution in [0.5, 0.6) is 0 Å². The van der Waals surface area contributed by atoms with Crippen LogP contribution in [0, 0.1) is 0 Å². The molecular weight excluding hydrogens is 502 g/mol. The van der Waals surface area contributed by atoms with E-state index in [1.54, 1.807) is 7.11 Å². The van der Waals surface area contributed by atoms with E-state index in [0.29, 0.717) is 43.1 Å². The van der Waals surface area contributed by atoms with Crippen LogP contribution in [0.15, 0.2) is 66.7 Å². The Balaban J connectivity index is 1.54. The summed E-state index contributed by atoms with van der Waals surface area (Å²) < 4.78 is 13.1. The van der Waals surface area contributed by atoms with Crippen molar-refractivity contribution in [3.63, 3.8) is 0 Å². The molecule has 1 aliphatic heterocycles. The average Bonchev–Trinajstić information content (AvgIpc) is 3.29. The van der Waals surface area contributed by atoms with Gasteiger partial charge < -0.3 is 18.9 Å². The lowest BCUT2D eigenvalue weighted by Crippen LogP contribution is -2.57. The number of hydrogen-bond acceptors (Lipinski definition) is 6. The second kappa shape index (κ2) is 12.0. The molecule has 0 N–H and O–H groups in total. The van der Waals surface area contributed by atoms with Crippen molar-refractivity contribution in [1.82, 2.24) is 14.4 Å². The van der Waals surface area contributed by atoms with Crippen molar-refractivity contribution in [3.05, 3.63) is 83.4 Å². The monoisotopic (exact) mass is 541 g/mol. The molecule has 210 valence electrons. The predicted molar refractivity (Wildman–Crippen MR) is 159 cm³/mol. The van der Waals surface area contributed by atoms with Crippen LogP contribution in [0.1, 0.15) is 40.1 Å². The van der Waals surface area contributed by atoms with Crippen LogP contribution < -0.4 is 0 Å². The largest absolute Gasteiger partial charge is 0.382 e. The fourth-order valence-corrected chi connectivity index (χ4v) is 5.65. The van der Waals surface area contributed by atoms with E-state index in [-0.39, 0.29) is 11.6 Å². The average molecular weight is 542 g/mol. The lowest BCUT2D eigenvalue weighted by atomic mass is 9.90. The zero-order valence-corrected chi connectivity index (χ0v) is 24.0. The molecule has 0 unspecified atom stereocenters. The number of piperazine rings is 1. The van der Waals surface area contributed by atoms with Gasteiger partial charge in [0.1, 0.15) is 0 Å². The number of ketones is 2. The standard InChI is InChI=1S/C33H39N3O4/c1-33(2,35-16-14-34(3)15-17-35)32(38)26-11-13-30-28(23-26)27-22-25(31(37)24-8-6-5-7-9-24)10-12-29(27)36(30)18-19-40-21-20-39-4/h5-13,22-23H,14-21H2,1-4H3. The number of rotatable bonds is 11. The van der Waals surface area contributed by atoms with Gasteiger partial charge in [0, 0.05) is 78.3 Å². The molecule has 0 bridgehead atoms. The first kappa shape index (κ1) is 28.2. The van der Waals surface area contributed by atoms with Crippen molar-refractivity contribution in [3.8, 4) is 0 Å². The van der Waals surface area contributed by atoms with Gasteiger partial charge in [-0.1, -0.05) is 30.3 Å². The minimum atomic E-state index is -0.614. The van der Waals surface area contributed by atoms with Crippen LogP contribution in [0.3, 0.4) is 0 Å². The molecule has 0 aliphatic carbocycles. The Labute approximate surface area is 236 Å². The number of carbonyl (C=O) groups excluding carboxylic acids is 2. The first-order valence-corrected chi connectivity index (χ1v) is 14.0. The zero-order chi connectivity index (χ0) is 28.3. The minimum absolute atomic E-state index is 0.0188. The van der Waals surface area contributed by atoms with Gasteiger partial charge in [-0.3, -0.25) is 14.5 Å². The molecule has 4 aromatic rings. The van der Waals surface area contributed by atoms with E-state index >= 15 is 0 Å². The SMILES string of the molecule is COCCOCCn1c2ccc(C(=O)c3ccccc3)cc2c2cc(C(=O)C(C)(C)N3CCN(C)CC3)ccc21. The van der Waals surface area contributed by atoms with Crippen LogP contribution in [-0.4, -0.2) is 91.6 Å². The Hall–Kier alpha value is -3.36. The van der Waals surface area contributed by atoms with Crippen LogP contribution >= 0.6 is 0 Å². The van der Waals surface area contributed by atoms with Gasteiger partial charge in [0.15, 0.2) is 11.6 Å². The van der Waals surface area contributed by atoms with Crippen molar-refractivity contribution < 1.29 is 19.1 Å². The molecule has 0 spiro atoms. The van der Waals surface area contributed by atoms with Gasteiger partial charge in [-0.15, -0.1) is 0 Å². The van der Waals surface area contributed by atoms with Crippen LogP contribution in [0.2, 0.25) is 0 Å². The van der Waals surface area contributed by atoms with Crippen LogP contribution in [-0.2, 0) is 16.0 Å². The number of aromatic nitrogens is 1. The summed E-state index contributed by atoms with van der Waals surface area (Å²) in [6.07, 6.45) is 0. The number of nitrogens with zero attached hydrogens (tertiary/aromatic N) is 3. The Morgan fingerprint density at radius 1 is 0.775 bits per heavy atom. The second-order valence-corrected chi connectivity index (χ2v) is 11.1. The van der Waals surface area contributed by atoms with Crippen LogP contribution in [0.25, 0.3) is 21.8 Å². The number of methoxy groups -OCH3 is 1. The van der Waals surface area contributed by atoms with Crippen molar-refractivity contribution in [2.75, 3.05) is 60.2 Å². The molecule has 1 aromatic heterocycles. The van der Waals surface area contributed by atoms with Gasteiger partial charge in [-0.2, -0.15) is 0 Å². The number of benzene rings is 3. The first-order valence-electron chi connectivity index (χ1n) is 14.0. The number of hydrogen-bond donors (Lipinski definition) is 0. The van der Waals surface area contributed by atoms with E-state index in [1.807, 2.05) is 80.6 Å². The fraction of sp³-hybridized carbons (Fsp3) is 0.394. The summed E-state index contributed by atoms with van der Waals surface area (Å²) in [6, 6.07) is 21.2. The highest BCUT2D eigenvalue weighted by molar-refractivity contribution is 6.16. The molecular formula is C33H39N3O4. The summed E-state index contributed by atoms with van der Waals surface area (Å²) in [5.41, 5.74) is 3.38. The maximum Gasteiger partial charge on any atom is 0.193 e. The topological polar surface area (TPSA) is 64.0 Å². The van der Waals surface area contributed by atoms with Crippen molar-refractivity contribution in [2.24, 2.45) is 0 Å². The summed E-state index contributed by atoms with van der Waals surface area (Å²) in [5, 5.41) is 1.93. The minimum Gasteiger partial charge on any atom is -0.382 e. The Morgan fingerprint density at radius 2 is 1.40 bits per heavy atom. The van der Waals surface area contributed by atoms with E-state index in [0.717, 1.165) is 48.0 Å². The summed E-state index contributed by atoms with van der Waals surface area (Å²) in [4.78, 5) is 31.8. The number of carbonyl (C=O) groups is 2. The highest BCUT2D eigenvalue weighted by Crippen LogP contribution is 2.33. The van der Waals surface area contributed by atoms with Crippen molar-refractivity contribution >= 4 is 33.4 Å². The molecule has 0 radical (unpaired) electrons. The molecule has 7 heteroatoms. The number of ether oxygens (including phenoxy) is 2. The second-order valence-electron chi connectivity index (χ2n) is 11.1. The molecule has 0 amide bonds. The Morgan fingerprint density at radius 3 is 2.05 bits per heavy atom. The van der Waals surface area contributed by atoms with Gasteiger partial charge in [-0.05, 0) is 57.3 Å². The summed E-state index contributed by atoms with van der Waals surface area (Å²) in [7, 11) is 3.78. The normalized spacial score (nSPS) is 15.2. The van der Waals surface area contributed by atoms with Gasteiger partial charge in [0.2, 0.25) is 0 Å². The molecule has 0 saturated carbocycles. The highest BCUT2D eigenvalue weighted by atomic mass is 16.5.